The Morgan fingerprint density at radius 3 is 2.88 bits per heavy atom. The van der Waals surface area contributed by atoms with Crippen molar-refractivity contribution in [1.29, 1.82) is 0 Å². The maximum Gasteiger partial charge on any atom is 0.307 e. The minimum Gasteiger partial charge on any atom is -0.506 e. The van der Waals surface area contributed by atoms with Gasteiger partial charge in [0.05, 0.1) is 18.0 Å². The van der Waals surface area contributed by atoms with Crippen LogP contribution < -0.4 is 5.73 Å². The van der Waals surface area contributed by atoms with Gasteiger partial charge in [0, 0.05) is 16.6 Å². The van der Waals surface area contributed by atoms with E-state index in [9.17, 15) is 9.90 Å². The van der Waals surface area contributed by atoms with Crippen LogP contribution in [-0.4, -0.2) is 18.2 Å². The fourth-order valence-electron chi connectivity index (χ4n) is 1.24. The zero-order valence-corrected chi connectivity index (χ0v) is 10.9. The van der Waals surface area contributed by atoms with E-state index in [1.165, 1.54) is 13.2 Å². The molecule has 0 fully saturated rings. The van der Waals surface area contributed by atoms with E-state index < -0.39 is 12.0 Å². The number of rotatable bonds is 3. The summed E-state index contributed by atoms with van der Waals surface area (Å²) in [5, 5.41) is 10.2. The van der Waals surface area contributed by atoms with Crippen molar-refractivity contribution < 1.29 is 14.6 Å². The summed E-state index contributed by atoms with van der Waals surface area (Å²) in [6.07, 6.45) is -0.0170. The second kappa shape index (κ2) is 5.52. The van der Waals surface area contributed by atoms with E-state index in [0.717, 1.165) is 0 Å². The number of nitrogens with two attached hydrogens (primary N) is 1. The van der Waals surface area contributed by atoms with Crippen molar-refractivity contribution in [2.24, 2.45) is 5.73 Å². The number of hydrogen-bond donors (Lipinski definition) is 2. The van der Waals surface area contributed by atoms with Crippen LogP contribution in [0.3, 0.4) is 0 Å². The molecule has 4 nitrogen and oxygen atoms in total. The topological polar surface area (TPSA) is 72.5 Å². The standard InChI is InChI=1S/C10H11BrClNO3/c1-16-9(14)4-8(13)6-2-5(12)3-7(11)10(6)15/h2-3,8,15H,4,13H2,1H3/t8-/m1/s1. The molecule has 1 aromatic carbocycles. The van der Waals surface area contributed by atoms with E-state index >= 15 is 0 Å². The number of esters is 1. The number of phenols is 1. The van der Waals surface area contributed by atoms with Gasteiger partial charge in [0.1, 0.15) is 5.75 Å². The molecule has 0 aliphatic heterocycles. The van der Waals surface area contributed by atoms with E-state index in [2.05, 4.69) is 20.7 Å². The minimum atomic E-state index is -0.651. The minimum absolute atomic E-state index is 0.0131. The summed E-state index contributed by atoms with van der Waals surface area (Å²) >= 11 is 8.97. The van der Waals surface area contributed by atoms with Crippen molar-refractivity contribution in [1.82, 2.24) is 0 Å². The van der Waals surface area contributed by atoms with Crippen LogP contribution in [0.25, 0.3) is 0 Å². The summed E-state index contributed by atoms with van der Waals surface area (Å²) in [5.41, 5.74) is 6.18. The Morgan fingerprint density at radius 1 is 1.69 bits per heavy atom. The lowest BCUT2D eigenvalue weighted by atomic mass is 10.0. The molecule has 0 amide bonds. The van der Waals surface area contributed by atoms with Crippen LogP contribution in [-0.2, 0) is 9.53 Å². The number of aromatic hydroxyl groups is 1. The summed E-state index contributed by atoms with van der Waals surface area (Å²) in [5.74, 6) is -0.455. The Bertz CT molecular complexity index is 411. The van der Waals surface area contributed by atoms with Gasteiger partial charge in [0.25, 0.3) is 0 Å². The zero-order chi connectivity index (χ0) is 12.3. The van der Waals surface area contributed by atoms with Crippen LogP contribution in [0.2, 0.25) is 5.02 Å². The van der Waals surface area contributed by atoms with Crippen molar-refractivity contribution in [2.75, 3.05) is 7.11 Å². The number of ether oxygens (including phenoxy) is 1. The second-order valence-corrected chi connectivity index (χ2v) is 4.50. The Kier molecular flexibility index (Phi) is 4.58. The summed E-state index contributed by atoms with van der Waals surface area (Å²) < 4.78 is 4.94. The fraction of sp³-hybridized carbons (Fsp3) is 0.300. The summed E-state index contributed by atoms with van der Waals surface area (Å²) in [6.45, 7) is 0. The average Bonchev–Trinajstić information content (AvgIpc) is 2.22. The van der Waals surface area contributed by atoms with Crippen molar-refractivity contribution in [3.05, 3.63) is 27.2 Å². The van der Waals surface area contributed by atoms with E-state index in [1.807, 2.05) is 0 Å². The molecule has 0 heterocycles. The number of carbonyl (C=O) groups is 1. The first-order valence-corrected chi connectivity index (χ1v) is 5.63. The van der Waals surface area contributed by atoms with Gasteiger partial charge in [0.15, 0.2) is 0 Å². The highest BCUT2D eigenvalue weighted by Gasteiger charge is 2.17. The van der Waals surface area contributed by atoms with Gasteiger partial charge in [-0.25, -0.2) is 0 Å². The molecule has 0 saturated heterocycles. The van der Waals surface area contributed by atoms with Gasteiger partial charge in [-0.1, -0.05) is 11.6 Å². The van der Waals surface area contributed by atoms with Gasteiger partial charge in [-0.3, -0.25) is 4.79 Å². The van der Waals surface area contributed by atoms with Gasteiger partial charge in [-0.2, -0.15) is 0 Å². The molecule has 1 rings (SSSR count). The monoisotopic (exact) mass is 307 g/mol. The maximum atomic E-state index is 11.0. The average molecular weight is 309 g/mol. The Hall–Kier alpha value is -0.780. The Labute approximate surface area is 106 Å². The van der Waals surface area contributed by atoms with Crippen LogP contribution in [0.1, 0.15) is 18.0 Å². The van der Waals surface area contributed by atoms with Crippen LogP contribution in [0.15, 0.2) is 16.6 Å². The molecule has 0 saturated carbocycles. The molecule has 0 unspecified atom stereocenters. The van der Waals surface area contributed by atoms with Crippen LogP contribution in [0.4, 0.5) is 0 Å². The largest absolute Gasteiger partial charge is 0.506 e. The molecule has 0 aromatic heterocycles. The lowest BCUT2D eigenvalue weighted by molar-refractivity contribution is -0.141. The summed E-state index contributed by atoms with van der Waals surface area (Å²) in [4.78, 5) is 11.0. The number of halogens is 2. The molecule has 3 N–H and O–H groups in total. The Morgan fingerprint density at radius 2 is 2.31 bits per heavy atom. The van der Waals surface area contributed by atoms with Gasteiger partial charge in [-0.05, 0) is 28.1 Å². The van der Waals surface area contributed by atoms with Crippen molar-refractivity contribution in [3.8, 4) is 5.75 Å². The third-order valence-electron chi connectivity index (χ3n) is 2.07. The van der Waals surface area contributed by atoms with E-state index in [-0.39, 0.29) is 12.2 Å². The number of methoxy groups -OCH3 is 1. The number of phenolic OH excluding ortho intramolecular Hbond substituents is 1. The molecule has 88 valence electrons. The third-order valence-corrected chi connectivity index (χ3v) is 2.89. The summed E-state index contributed by atoms with van der Waals surface area (Å²) in [7, 11) is 1.28. The zero-order valence-electron chi connectivity index (χ0n) is 8.54. The second-order valence-electron chi connectivity index (χ2n) is 3.21. The van der Waals surface area contributed by atoms with E-state index in [4.69, 9.17) is 17.3 Å². The first-order valence-electron chi connectivity index (χ1n) is 4.46. The third kappa shape index (κ3) is 3.10. The summed E-state index contributed by atoms with van der Waals surface area (Å²) in [6, 6.07) is 2.42. The molecule has 0 aliphatic rings. The van der Waals surface area contributed by atoms with Crippen LogP contribution in [0.5, 0.6) is 5.75 Å². The molecule has 1 aromatic rings. The number of benzene rings is 1. The fourth-order valence-corrected chi connectivity index (χ4v) is 2.08. The smallest absolute Gasteiger partial charge is 0.307 e. The van der Waals surface area contributed by atoms with Gasteiger partial charge in [0.2, 0.25) is 0 Å². The maximum absolute atomic E-state index is 11.0. The molecular weight excluding hydrogens is 297 g/mol. The van der Waals surface area contributed by atoms with Gasteiger partial charge >= 0.3 is 5.97 Å². The molecule has 0 aliphatic carbocycles. The first-order chi connectivity index (χ1) is 7.45. The highest BCUT2D eigenvalue weighted by atomic mass is 79.9. The van der Waals surface area contributed by atoms with Crippen molar-refractivity contribution in [3.63, 3.8) is 0 Å². The van der Waals surface area contributed by atoms with Crippen molar-refractivity contribution in [2.45, 2.75) is 12.5 Å². The molecule has 0 radical (unpaired) electrons. The van der Waals surface area contributed by atoms with Crippen LogP contribution in [0, 0.1) is 0 Å². The predicted octanol–water partition coefficient (Wildman–Crippen LogP) is 2.37. The quantitative estimate of drug-likeness (QED) is 0.841. The number of hydrogen-bond acceptors (Lipinski definition) is 4. The lowest BCUT2D eigenvalue weighted by Crippen LogP contribution is -2.16. The van der Waals surface area contributed by atoms with E-state index in [1.54, 1.807) is 6.07 Å². The molecule has 0 spiro atoms. The number of carbonyl (C=O) groups excluding carboxylic acids is 1. The predicted molar refractivity (Wildman–Crippen MR) is 64.4 cm³/mol. The molecular formula is C10H11BrClNO3. The van der Waals surface area contributed by atoms with E-state index in [0.29, 0.717) is 15.1 Å². The highest BCUT2D eigenvalue weighted by Crippen LogP contribution is 2.35. The molecule has 1 atom stereocenters. The normalized spacial score (nSPS) is 12.2. The van der Waals surface area contributed by atoms with Gasteiger partial charge < -0.3 is 15.6 Å². The molecule has 6 heteroatoms. The molecule has 0 bridgehead atoms. The van der Waals surface area contributed by atoms with Gasteiger partial charge in [-0.15, -0.1) is 0 Å². The Balaban J connectivity index is 2.99. The SMILES string of the molecule is COC(=O)C[C@@H](N)c1cc(Cl)cc(Br)c1O. The highest BCUT2D eigenvalue weighted by molar-refractivity contribution is 9.10. The molecule has 16 heavy (non-hydrogen) atoms. The van der Waals surface area contributed by atoms with Crippen molar-refractivity contribution >= 4 is 33.5 Å². The first kappa shape index (κ1) is 13.3. The van der Waals surface area contributed by atoms with Crippen LogP contribution >= 0.6 is 27.5 Å². The lowest BCUT2D eigenvalue weighted by Gasteiger charge is -2.13.